The molecule has 2 nitrogen and oxygen atoms in total. The normalized spacial score (nSPS) is 16.3. The molecule has 0 bridgehead atoms. The minimum atomic E-state index is -0.593. The monoisotopic (exact) mass is 164 g/mol. The van der Waals surface area contributed by atoms with Crippen LogP contribution in [0.25, 0.3) is 0 Å². The molecule has 0 spiro atoms. The lowest BCUT2D eigenvalue weighted by Crippen LogP contribution is -2.25. The van der Waals surface area contributed by atoms with Gasteiger partial charge in [-0.05, 0) is 6.42 Å². The molecule has 0 rings (SSSR count). The number of rotatable bonds is 5. The van der Waals surface area contributed by atoms with Crippen molar-refractivity contribution in [1.29, 1.82) is 0 Å². The topological polar surface area (TPSA) is 29.5 Å². The molecular formula is C7H13ClO2. The molecule has 0 heterocycles. The second kappa shape index (κ2) is 5.71. The molecule has 2 unspecified atom stereocenters. The summed E-state index contributed by atoms with van der Waals surface area (Å²) in [5, 5.41) is 8.86. The van der Waals surface area contributed by atoms with Crippen LogP contribution >= 0.6 is 11.6 Å². The number of halogens is 1. The van der Waals surface area contributed by atoms with Crippen LogP contribution in [0, 0.1) is 0 Å². The SMILES string of the molecule is C=CCC(Cl)C(O)COC. The van der Waals surface area contributed by atoms with Crippen molar-refractivity contribution >= 4 is 11.6 Å². The van der Waals surface area contributed by atoms with E-state index in [0.29, 0.717) is 6.42 Å². The van der Waals surface area contributed by atoms with E-state index in [4.69, 9.17) is 21.4 Å². The van der Waals surface area contributed by atoms with Gasteiger partial charge in [-0.25, -0.2) is 0 Å². The molecule has 0 amide bonds. The van der Waals surface area contributed by atoms with Crippen LogP contribution in [0.4, 0.5) is 0 Å². The Morgan fingerprint density at radius 1 is 1.80 bits per heavy atom. The Bertz CT molecular complexity index is 95.6. The number of alkyl halides is 1. The molecule has 3 heteroatoms. The third-order valence-corrected chi connectivity index (χ3v) is 1.62. The Hall–Kier alpha value is -0.0500. The molecule has 0 saturated heterocycles. The highest BCUT2D eigenvalue weighted by Gasteiger charge is 2.13. The van der Waals surface area contributed by atoms with Gasteiger partial charge in [-0.2, -0.15) is 0 Å². The van der Waals surface area contributed by atoms with Crippen LogP contribution in [0.5, 0.6) is 0 Å². The van der Waals surface area contributed by atoms with Gasteiger partial charge in [0.1, 0.15) is 0 Å². The number of methoxy groups -OCH3 is 1. The molecule has 0 aliphatic rings. The summed E-state index contributed by atoms with van der Waals surface area (Å²) in [4.78, 5) is 0. The van der Waals surface area contributed by atoms with Gasteiger partial charge in [0.2, 0.25) is 0 Å². The van der Waals surface area contributed by atoms with Gasteiger partial charge in [-0.1, -0.05) is 6.08 Å². The molecule has 0 saturated carbocycles. The maximum atomic E-state index is 9.14. The van der Waals surface area contributed by atoms with E-state index in [-0.39, 0.29) is 12.0 Å². The van der Waals surface area contributed by atoms with Crippen molar-refractivity contribution in [2.24, 2.45) is 0 Å². The quantitative estimate of drug-likeness (QED) is 0.489. The van der Waals surface area contributed by atoms with Gasteiger partial charge in [0.25, 0.3) is 0 Å². The molecule has 2 atom stereocenters. The van der Waals surface area contributed by atoms with Crippen molar-refractivity contribution in [3.63, 3.8) is 0 Å². The van der Waals surface area contributed by atoms with E-state index in [1.54, 1.807) is 6.08 Å². The van der Waals surface area contributed by atoms with E-state index in [1.807, 2.05) is 0 Å². The van der Waals surface area contributed by atoms with E-state index in [1.165, 1.54) is 7.11 Å². The first-order valence-corrected chi connectivity index (χ1v) is 3.58. The summed E-state index contributed by atoms with van der Waals surface area (Å²) >= 11 is 5.71. The van der Waals surface area contributed by atoms with Gasteiger partial charge >= 0.3 is 0 Å². The van der Waals surface area contributed by atoms with Crippen LogP contribution < -0.4 is 0 Å². The first-order valence-electron chi connectivity index (χ1n) is 3.14. The first-order chi connectivity index (χ1) is 4.72. The number of aliphatic hydroxyl groups excluding tert-OH is 1. The average molecular weight is 165 g/mol. The molecule has 0 aliphatic carbocycles. The van der Waals surface area contributed by atoms with Crippen LogP contribution in [0.3, 0.4) is 0 Å². The number of ether oxygens (including phenoxy) is 1. The van der Waals surface area contributed by atoms with Crippen molar-refractivity contribution in [2.75, 3.05) is 13.7 Å². The van der Waals surface area contributed by atoms with Crippen LogP contribution in [-0.4, -0.2) is 30.3 Å². The minimum Gasteiger partial charge on any atom is -0.389 e. The zero-order valence-electron chi connectivity index (χ0n) is 6.09. The standard InChI is InChI=1S/C7H13ClO2/c1-3-4-6(8)7(9)5-10-2/h3,6-7,9H,1,4-5H2,2H3. The van der Waals surface area contributed by atoms with Gasteiger partial charge in [0.05, 0.1) is 18.1 Å². The molecular weight excluding hydrogens is 152 g/mol. The minimum absolute atomic E-state index is 0.280. The summed E-state index contributed by atoms with van der Waals surface area (Å²) in [5.74, 6) is 0. The maximum Gasteiger partial charge on any atom is 0.0939 e. The lowest BCUT2D eigenvalue weighted by atomic mass is 10.2. The molecule has 0 aromatic heterocycles. The highest BCUT2D eigenvalue weighted by Crippen LogP contribution is 2.08. The highest BCUT2D eigenvalue weighted by atomic mass is 35.5. The summed E-state index contributed by atoms with van der Waals surface area (Å²) in [7, 11) is 1.53. The third-order valence-electron chi connectivity index (χ3n) is 1.15. The summed E-state index contributed by atoms with van der Waals surface area (Å²) < 4.78 is 4.70. The van der Waals surface area contributed by atoms with Crippen LogP contribution in [0.15, 0.2) is 12.7 Å². The van der Waals surface area contributed by atoms with Crippen molar-refractivity contribution in [3.8, 4) is 0 Å². The van der Waals surface area contributed by atoms with E-state index in [0.717, 1.165) is 0 Å². The fourth-order valence-electron chi connectivity index (χ4n) is 0.591. The third kappa shape index (κ3) is 3.88. The van der Waals surface area contributed by atoms with E-state index < -0.39 is 6.10 Å². The lowest BCUT2D eigenvalue weighted by molar-refractivity contribution is 0.0624. The second-order valence-corrected chi connectivity index (χ2v) is 2.62. The van der Waals surface area contributed by atoms with Crippen LogP contribution in [0.2, 0.25) is 0 Å². The predicted molar refractivity (Wildman–Crippen MR) is 42.3 cm³/mol. The molecule has 0 fully saturated rings. The van der Waals surface area contributed by atoms with Gasteiger partial charge in [-0.3, -0.25) is 0 Å². The Morgan fingerprint density at radius 3 is 2.80 bits per heavy atom. The Balaban J connectivity index is 3.47. The van der Waals surface area contributed by atoms with Gasteiger partial charge in [0.15, 0.2) is 0 Å². The zero-order chi connectivity index (χ0) is 7.98. The molecule has 0 aromatic rings. The predicted octanol–water partition coefficient (Wildman–Crippen LogP) is 1.18. The summed E-state index contributed by atoms with van der Waals surface area (Å²) in [6, 6.07) is 0. The van der Waals surface area contributed by atoms with Crippen molar-refractivity contribution in [1.82, 2.24) is 0 Å². The van der Waals surface area contributed by atoms with Crippen molar-refractivity contribution < 1.29 is 9.84 Å². The molecule has 1 N–H and O–H groups in total. The first kappa shape index (κ1) is 9.95. The summed E-state index contributed by atoms with van der Waals surface area (Å²) in [5.41, 5.74) is 0. The molecule has 0 radical (unpaired) electrons. The largest absolute Gasteiger partial charge is 0.389 e. The molecule has 60 valence electrons. The Kier molecular flexibility index (Phi) is 5.69. The fourth-order valence-corrected chi connectivity index (χ4v) is 0.790. The Morgan fingerprint density at radius 2 is 2.40 bits per heavy atom. The molecule has 10 heavy (non-hydrogen) atoms. The zero-order valence-corrected chi connectivity index (χ0v) is 6.84. The summed E-state index contributed by atoms with van der Waals surface area (Å²) in [6.07, 6.45) is 1.69. The van der Waals surface area contributed by atoms with E-state index in [9.17, 15) is 0 Å². The van der Waals surface area contributed by atoms with Crippen molar-refractivity contribution in [2.45, 2.75) is 17.9 Å². The fraction of sp³-hybridized carbons (Fsp3) is 0.714. The van der Waals surface area contributed by atoms with E-state index in [2.05, 4.69) is 6.58 Å². The average Bonchev–Trinajstić information content (AvgIpc) is 1.89. The number of hydrogen-bond donors (Lipinski definition) is 1. The number of hydrogen-bond acceptors (Lipinski definition) is 2. The van der Waals surface area contributed by atoms with Gasteiger partial charge in [-0.15, -0.1) is 18.2 Å². The molecule has 0 aromatic carbocycles. The lowest BCUT2D eigenvalue weighted by Gasteiger charge is -2.13. The second-order valence-electron chi connectivity index (χ2n) is 2.06. The summed E-state index contributed by atoms with van der Waals surface area (Å²) in [6.45, 7) is 3.79. The van der Waals surface area contributed by atoms with Crippen molar-refractivity contribution in [3.05, 3.63) is 12.7 Å². The van der Waals surface area contributed by atoms with Gasteiger partial charge < -0.3 is 9.84 Å². The smallest absolute Gasteiger partial charge is 0.0939 e. The highest BCUT2D eigenvalue weighted by molar-refractivity contribution is 6.21. The number of aliphatic hydroxyl groups is 1. The Labute approximate surface area is 66.5 Å². The number of allylic oxidation sites excluding steroid dienone is 1. The van der Waals surface area contributed by atoms with Gasteiger partial charge in [0, 0.05) is 7.11 Å². The maximum absolute atomic E-state index is 9.14. The van der Waals surface area contributed by atoms with Crippen LogP contribution in [0.1, 0.15) is 6.42 Å². The van der Waals surface area contributed by atoms with E-state index >= 15 is 0 Å². The molecule has 0 aliphatic heterocycles. The van der Waals surface area contributed by atoms with Crippen LogP contribution in [-0.2, 0) is 4.74 Å².